The SMILES string of the molecule is CC(C)(C)c1ccc(Sc2ccc(/C=C/C(=O)OCI)cc2)cc1. The molecule has 0 amide bonds. The second-order valence-corrected chi connectivity index (χ2v) is 8.12. The molecule has 2 aromatic carbocycles. The van der Waals surface area contributed by atoms with E-state index in [4.69, 9.17) is 4.74 Å². The summed E-state index contributed by atoms with van der Waals surface area (Å²) in [4.78, 5) is 13.7. The number of carbonyl (C=O) groups excluding carboxylic acids is 1. The minimum Gasteiger partial charge on any atom is -0.452 e. The molecule has 0 unspecified atom stereocenters. The lowest BCUT2D eigenvalue weighted by Crippen LogP contribution is -2.10. The van der Waals surface area contributed by atoms with E-state index >= 15 is 0 Å². The number of hydrogen-bond acceptors (Lipinski definition) is 3. The average molecular weight is 452 g/mol. The van der Waals surface area contributed by atoms with E-state index in [0.29, 0.717) is 4.61 Å². The Morgan fingerprint density at radius 2 is 1.58 bits per heavy atom. The summed E-state index contributed by atoms with van der Waals surface area (Å²) >= 11 is 3.73. The van der Waals surface area contributed by atoms with E-state index in [0.717, 1.165) is 5.56 Å². The third kappa shape index (κ3) is 5.98. The second kappa shape index (κ2) is 8.72. The van der Waals surface area contributed by atoms with Crippen LogP contribution in [0.25, 0.3) is 6.08 Å². The summed E-state index contributed by atoms with van der Waals surface area (Å²) < 4.78 is 5.22. The molecule has 0 aliphatic carbocycles. The van der Waals surface area contributed by atoms with Gasteiger partial charge in [-0.1, -0.05) is 56.8 Å². The first-order valence-electron chi connectivity index (χ1n) is 7.68. The number of hydrogen-bond donors (Lipinski definition) is 0. The molecule has 0 radical (unpaired) electrons. The summed E-state index contributed by atoms with van der Waals surface area (Å²) in [6.07, 6.45) is 3.22. The first-order chi connectivity index (χ1) is 11.4. The van der Waals surface area contributed by atoms with Gasteiger partial charge in [0.15, 0.2) is 0 Å². The number of esters is 1. The zero-order chi connectivity index (χ0) is 17.6. The van der Waals surface area contributed by atoms with Crippen LogP contribution in [-0.2, 0) is 14.9 Å². The molecule has 0 saturated carbocycles. The number of alkyl halides is 1. The Morgan fingerprint density at radius 3 is 2.08 bits per heavy atom. The Kier molecular flexibility index (Phi) is 6.92. The van der Waals surface area contributed by atoms with Gasteiger partial charge in [0.05, 0.1) is 0 Å². The highest BCUT2D eigenvalue weighted by atomic mass is 127. The van der Waals surface area contributed by atoms with Crippen molar-refractivity contribution in [3.05, 3.63) is 65.7 Å². The number of ether oxygens (including phenoxy) is 1. The van der Waals surface area contributed by atoms with Crippen molar-refractivity contribution in [2.75, 3.05) is 4.61 Å². The van der Waals surface area contributed by atoms with Crippen LogP contribution >= 0.6 is 34.4 Å². The fourth-order valence-electron chi connectivity index (χ4n) is 2.07. The smallest absolute Gasteiger partial charge is 0.331 e. The van der Waals surface area contributed by atoms with Crippen LogP contribution in [0.5, 0.6) is 0 Å². The van der Waals surface area contributed by atoms with Crippen molar-refractivity contribution >= 4 is 46.4 Å². The molecule has 4 heteroatoms. The molecule has 0 N–H and O–H groups in total. The summed E-state index contributed by atoms with van der Waals surface area (Å²) in [5, 5.41) is 0. The highest BCUT2D eigenvalue weighted by Crippen LogP contribution is 2.30. The molecule has 0 saturated heterocycles. The van der Waals surface area contributed by atoms with Crippen LogP contribution in [0, 0.1) is 0 Å². The second-order valence-electron chi connectivity index (χ2n) is 6.35. The van der Waals surface area contributed by atoms with Gasteiger partial charge in [0, 0.05) is 15.9 Å². The number of rotatable bonds is 5. The number of carbonyl (C=O) groups is 1. The fraction of sp³-hybridized carbons (Fsp3) is 0.250. The highest BCUT2D eigenvalue weighted by Gasteiger charge is 2.12. The maximum absolute atomic E-state index is 11.3. The molecule has 0 aliphatic rings. The van der Waals surface area contributed by atoms with Crippen molar-refractivity contribution in [3.63, 3.8) is 0 Å². The van der Waals surface area contributed by atoms with E-state index in [2.05, 4.69) is 57.2 Å². The predicted octanol–water partition coefficient (Wildman–Crippen LogP) is 6.08. The van der Waals surface area contributed by atoms with Gasteiger partial charge in [-0.05, 0) is 69.5 Å². The molecule has 2 nitrogen and oxygen atoms in total. The molecule has 0 atom stereocenters. The van der Waals surface area contributed by atoms with Gasteiger partial charge in [0.2, 0.25) is 0 Å². The summed E-state index contributed by atoms with van der Waals surface area (Å²) in [7, 11) is 0. The van der Waals surface area contributed by atoms with E-state index in [1.54, 1.807) is 17.8 Å². The van der Waals surface area contributed by atoms with Gasteiger partial charge in [-0.25, -0.2) is 4.79 Å². The van der Waals surface area contributed by atoms with E-state index in [9.17, 15) is 4.79 Å². The molecule has 0 aliphatic heterocycles. The van der Waals surface area contributed by atoms with Crippen LogP contribution in [0.3, 0.4) is 0 Å². The molecule has 24 heavy (non-hydrogen) atoms. The van der Waals surface area contributed by atoms with Gasteiger partial charge in [0.25, 0.3) is 0 Å². The topological polar surface area (TPSA) is 26.3 Å². The van der Waals surface area contributed by atoms with Crippen molar-refractivity contribution in [3.8, 4) is 0 Å². The summed E-state index contributed by atoms with van der Waals surface area (Å²) in [5.41, 5.74) is 2.49. The molecule has 0 fully saturated rings. The van der Waals surface area contributed by atoms with Crippen LogP contribution < -0.4 is 0 Å². The third-order valence-corrected chi connectivity index (χ3v) is 4.77. The lowest BCUT2D eigenvalue weighted by atomic mass is 9.87. The fourth-order valence-corrected chi connectivity index (χ4v) is 3.20. The first kappa shape index (κ1) is 19.1. The Labute approximate surface area is 161 Å². The minimum atomic E-state index is -0.318. The molecule has 0 aromatic heterocycles. The summed E-state index contributed by atoms with van der Waals surface area (Å²) in [6.45, 7) is 6.66. The summed E-state index contributed by atoms with van der Waals surface area (Å²) in [6, 6.07) is 16.8. The van der Waals surface area contributed by atoms with Crippen molar-refractivity contribution < 1.29 is 9.53 Å². The molecule has 2 aromatic rings. The number of halogens is 1. The van der Waals surface area contributed by atoms with Crippen molar-refractivity contribution in [2.45, 2.75) is 36.0 Å². The van der Waals surface area contributed by atoms with Crippen LogP contribution in [0.2, 0.25) is 0 Å². The number of benzene rings is 2. The summed E-state index contributed by atoms with van der Waals surface area (Å²) in [5.74, 6) is -0.318. The Bertz CT molecular complexity index is 698. The van der Waals surface area contributed by atoms with Crippen molar-refractivity contribution in [1.82, 2.24) is 0 Å². The molecular weight excluding hydrogens is 431 g/mol. The predicted molar refractivity (Wildman–Crippen MR) is 110 cm³/mol. The van der Waals surface area contributed by atoms with Gasteiger partial charge in [0.1, 0.15) is 4.61 Å². The first-order valence-corrected chi connectivity index (χ1v) is 10.0. The van der Waals surface area contributed by atoms with Gasteiger partial charge in [-0.3, -0.25) is 0 Å². The third-order valence-electron chi connectivity index (χ3n) is 3.44. The Morgan fingerprint density at radius 1 is 1.04 bits per heavy atom. The Hall–Kier alpha value is -1.27. The quantitative estimate of drug-likeness (QED) is 0.238. The van der Waals surface area contributed by atoms with E-state index in [-0.39, 0.29) is 11.4 Å². The minimum absolute atomic E-state index is 0.176. The molecule has 126 valence electrons. The van der Waals surface area contributed by atoms with E-state index < -0.39 is 0 Å². The van der Waals surface area contributed by atoms with Crippen LogP contribution in [0.4, 0.5) is 0 Å². The van der Waals surface area contributed by atoms with Gasteiger partial charge >= 0.3 is 5.97 Å². The zero-order valence-electron chi connectivity index (χ0n) is 14.1. The molecule has 2 rings (SSSR count). The monoisotopic (exact) mass is 452 g/mol. The van der Waals surface area contributed by atoms with Crippen molar-refractivity contribution in [2.24, 2.45) is 0 Å². The average Bonchev–Trinajstić information content (AvgIpc) is 2.54. The Balaban J connectivity index is 2.00. The molecule has 0 bridgehead atoms. The molecular formula is C20H21IO2S. The van der Waals surface area contributed by atoms with Crippen molar-refractivity contribution in [1.29, 1.82) is 0 Å². The van der Waals surface area contributed by atoms with Gasteiger partial charge in [-0.2, -0.15) is 0 Å². The van der Waals surface area contributed by atoms with E-state index in [1.165, 1.54) is 21.4 Å². The van der Waals surface area contributed by atoms with Crippen LogP contribution in [0.1, 0.15) is 31.9 Å². The van der Waals surface area contributed by atoms with E-state index in [1.807, 2.05) is 34.7 Å². The highest BCUT2D eigenvalue weighted by molar-refractivity contribution is 14.1. The lowest BCUT2D eigenvalue weighted by molar-refractivity contribution is -0.135. The van der Waals surface area contributed by atoms with Crippen LogP contribution in [-0.4, -0.2) is 10.6 Å². The van der Waals surface area contributed by atoms with Gasteiger partial charge < -0.3 is 4.74 Å². The maximum atomic E-state index is 11.3. The van der Waals surface area contributed by atoms with Crippen LogP contribution in [0.15, 0.2) is 64.4 Å². The maximum Gasteiger partial charge on any atom is 0.331 e. The zero-order valence-corrected chi connectivity index (χ0v) is 17.1. The molecule has 0 spiro atoms. The normalized spacial score (nSPS) is 11.7. The molecule has 0 heterocycles. The lowest BCUT2D eigenvalue weighted by Gasteiger charge is -2.19. The van der Waals surface area contributed by atoms with Gasteiger partial charge in [-0.15, -0.1) is 0 Å². The standard InChI is InChI=1S/C20H21IO2S/c1-20(2,3)16-7-11-18(12-8-16)24-17-9-4-15(5-10-17)6-13-19(22)23-14-21/h4-13H,14H2,1-3H3/b13-6+. The largest absolute Gasteiger partial charge is 0.452 e.